The zero-order chi connectivity index (χ0) is 19.3. The summed E-state index contributed by atoms with van der Waals surface area (Å²) in [6.07, 6.45) is -0.0374. The maximum absolute atomic E-state index is 12.7. The highest BCUT2D eigenvalue weighted by molar-refractivity contribution is 6.34. The Balaban J connectivity index is 2.15. The number of hydrogen-bond donors (Lipinski definition) is 2. The van der Waals surface area contributed by atoms with Gasteiger partial charge in [-0.25, -0.2) is 0 Å². The van der Waals surface area contributed by atoms with Crippen LogP contribution in [0.3, 0.4) is 0 Å². The van der Waals surface area contributed by atoms with Crippen LogP contribution in [0.5, 0.6) is 5.75 Å². The van der Waals surface area contributed by atoms with Crippen molar-refractivity contribution in [1.29, 1.82) is 0 Å². The molecular formula is C20H23ClN2O3. The third-order valence-corrected chi connectivity index (χ3v) is 4.08. The highest BCUT2D eigenvalue weighted by Crippen LogP contribution is 2.29. The molecule has 0 atom stereocenters. The van der Waals surface area contributed by atoms with Crippen molar-refractivity contribution >= 4 is 34.8 Å². The second kappa shape index (κ2) is 8.23. The van der Waals surface area contributed by atoms with Crippen LogP contribution in [0.1, 0.15) is 27.7 Å². The number of nitrogens with one attached hydrogen (secondary N) is 2. The first-order valence-corrected chi connectivity index (χ1v) is 8.72. The van der Waals surface area contributed by atoms with Crippen molar-refractivity contribution in [2.24, 2.45) is 5.41 Å². The first-order chi connectivity index (χ1) is 12.2. The highest BCUT2D eigenvalue weighted by atomic mass is 35.5. The summed E-state index contributed by atoms with van der Waals surface area (Å²) >= 11 is 6.07. The van der Waals surface area contributed by atoms with E-state index < -0.39 is 17.2 Å². The Morgan fingerprint density at radius 2 is 1.42 bits per heavy atom. The molecular weight excluding hydrogens is 352 g/mol. The summed E-state index contributed by atoms with van der Waals surface area (Å²) in [4.78, 5) is 25.3. The minimum atomic E-state index is -1.32. The molecule has 0 aromatic heterocycles. The van der Waals surface area contributed by atoms with Crippen molar-refractivity contribution in [3.05, 3.63) is 53.6 Å². The van der Waals surface area contributed by atoms with Gasteiger partial charge in [-0.2, -0.15) is 0 Å². The molecule has 6 heteroatoms. The van der Waals surface area contributed by atoms with E-state index in [1.54, 1.807) is 56.3 Å². The predicted octanol–water partition coefficient (Wildman–Crippen LogP) is 4.73. The Kier molecular flexibility index (Phi) is 6.27. The number of para-hydroxylation sites is 3. The van der Waals surface area contributed by atoms with Crippen molar-refractivity contribution in [3.63, 3.8) is 0 Å². The monoisotopic (exact) mass is 374 g/mol. The molecule has 0 aliphatic heterocycles. The molecule has 0 unspecified atom stereocenters. The molecule has 0 spiro atoms. The van der Waals surface area contributed by atoms with Crippen LogP contribution in [0, 0.1) is 5.41 Å². The Bertz CT molecular complexity index is 803. The molecule has 0 heterocycles. The average molecular weight is 375 g/mol. The number of halogens is 1. The van der Waals surface area contributed by atoms with Crippen LogP contribution in [-0.4, -0.2) is 17.9 Å². The van der Waals surface area contributed by atoms with Crippen molar-refractivity contribution in [2.75, 3.05) is 10.6 Å². The molecule has 138 valence electrons. The van der Waals surface area contributed by atoms with Crippen molar-refractivity contribution in [1.82, 2.24) is 0 Å². The molecule has 2 amide bonds. The topological polar surface area (TPSA) is 67.4 Å². The Hall–Kier alpha value is -2.53. The lowest BCUT2D eigenvalue weighted by atomic mass is 9.90. The van der Waals surface area contributed by atoms with Crippen LogP contribution >= 0.6 is 11.6 Å². The average Bonchev–Trinajstić information content (AvgIpc) is 2.58. The number of rotatable bonds is 6. The highest BCUT2D eigenvalue weighted by Gasteiger charge is 2.36. The zero-order valence-electron chi connectivity index (χ0n) is 15.3. The fourth-order valence-corrected chi connectivity index (χ4v) is 2.33. The van der Waals surface area contributed by atoms with Crippen molar-refractivity contribution in [2.45, 2.75) is 33.8 Å². The molecule has 0 aliphatic rings. The van der Waals surface area contributed by atoms with Gasteiger partial charge in [0.15, 0.2) is 0 Å². The molecule has 0 fully saturated rings. The van der Waals surface area contributed by atoms with E-state index in [1.807, 2.05) is 19.9 Å². The van der Waals surface area contributed by atoms with E-state index >= 15 is 0 Å². The minimum absolute atomic E-state index is 0.0374. The first kappa shape index (κ1) is 19.8. The Labute approximate surface area is 158 Å². The smallest absolute Gasteiger partial charge is 0.239 e. The molecule has 2 aromatic carbocycles. The molecule has 2 aromatic rings. The molecule has 0 saturated carbocycles. The van der Waals surface area contributed by atoms with Gasteiger partial charge in [-0.1, -0.05) is 35.9 Å². The van der Waals surface area contributed by atoms with Crippen molar-refractivity contribution in [3.8, 4) is 5.75 Å². The molecule has 0 aliphatic carbocycles. The van der Waals surface area contributed by atoms with E-state index in [9.17, 15) is 9.59 Å². The summed E-state index contributed by atoms with van der Waals surface area (Å²) in [6, 6.07) is 14.0. The van der Waals surface area contributed by atoms with E-state index in [4.69, 9.17) is 16.3 Å². The van der Waals surface area contributed by atoms with Gasteiger partial charge in [0.25, 0.3) is 0 Å². The molecule has 0 bridgehead atoms. The third-order valence-electron chi connectivity index (χ3n) is 3.76. The quantitative estimate of drug-likeness (QED) is 0.718. The largest absolute Gasteiger partial charge is 0.489 e. The standard InChI is InChI=1S/C20H23ClN2O3/c1-13(2)26-17-12-8-7-11-16(17)23-19(25)20(3,4)18(24)22-15-10-6-5-9-14(15)21/h5-13H,1-4H3,(H,22,24)(H,23,25). The molecule has 26 heavy (non-hydrogen) atoms. The second-order valence-electron chi connectivity index (χ2n) is 6.68. The van der Waals surface area contributed by atoms with Gasteiger partial charge in [0, 0.05) is 0 Å². The molecule has 2 N–H and O–H groups in total. The number of carbonyl (C=O) groups is 2. The van der Waals surface area contributed by atoms with E-state index in [-0.39, 0.29) is 6.10 Å². The van der Waals surface area contributed by atoms with E-state index in [0.29, 0.717) is 22.1 Å². The lowest BCUT2D eigenvalue weighted by Gasteiger charge is -2.24. The van der Waals surface area contributed by atoms with Crippen LogP contribution in [0.4, 0.5) is 11.4 Å². The maximum Gasteiger partial charge on any atom is 0.239 e. The van der Waals surface area contributed by atoms with Gasteiger partial charge < -0.3 is 15.4 Å². The van der Waals surface area contributed by atoms with Crippen LogP contribution in [0.15, 0.2) is 48.5 Å². The SMILES string of the molecule is CC(C)Oc1ccccc1NC(=O)C(C)(C)C(=O)Nc1ccccc1Cl. The van der Waals surface area contributed by atoms with Gasteiger partial charge >= 0.3 is 0 Å². The summed E-state index contributed by atoms with van der Waals surface area (Å²) in [5.41, 5.74) is -0.335. The Morgan fingerprint density at radius 1 is 0.923 bits per heavy atom. The van der Waals surface area contributed by atoms with E-state index in [2.05, 4.69) is 10.6 Å². The van der Waals surface area contributed by atoms with Gasteiger partial charge in [0.2, 0.25) is 11.8 Å². The number of amides is 2. The van der Waals surface area contributed by atoms with Crippen LogP contribution in [0.2, 0.25) is 5.02 Å². The summed E-state index contributed by atoms with van der Waals surface area (Å²) in [7, 11) is 0. The Morgan fingerprint density at radius 3 is 2.00 bits per heavy atom. The lowest BCUT2D eigenvalue weighted by molar-refractivity contribution is -0.135. The maximum atomic E-state index is 12.7. The van der Waals surface area contributed by atoms with Gasteiger partial charge in [0.1, 0.15) is 11.2 Å². The van der Waals surface area contributed by atoms with Gasteiger partial charge in [0.05, 0.1) is 22.5 Å². The zero-order valence-corrected chi connectivity index (χ0v) is 16.1. The molecule has 2 rings (SSSR count). The number of anilines is 2. The first-order valence-electron chi connectivity index (χ1n) is 8.35. The molecule has 5 nitrogen and oxygen atoms in total. The van der Waals surface area contributed by atoms with Gasteiger partial charge in [-0.3, -0.25) is 9.59 Å². The summed E-state index contributed by atoms with van der Waals surface area (Å²) in [5.74, 6) is -0.342. The van der Waals surface area contributed by atoms with E-state index in [1.165, 1.54) is 0 Å². The minimum Gasteiger partial charge on any atom is -0.489 e. The third kappa shape index (κ3) is 4.76. The lowest BCUT2D eigenvalue weighted by Crippen LogP contribution is -2.41. The second-order valence-corrected chi connectivity index (χ2v) is 7.08. The molecule has 0 radical (unpaired) electrons. The van der Waals surface area contributed by atoms with Crippen LogP contribution in [-0.2, 0) is 9.59 Å². The summed E-state index contributed by atoms with van der Waals surface area (Å²) in [6.45, 7) is 6.92. The van der Waals surface area contributed by atoms with Gasteiger partial charge in [-0.05, 0) is 52.0 Å². The summed E-state index contributed by atoms with van der Waals surface area (Å²) < 4.78 is 5.70. The number of hydrogen-bond acceptors (Lipinski definition) is 3. The predicted molar refractivity (Wildman–Crippen MR) is 105 cm³/mol. The van der Waals surface area contributed by atoms with E-state index in [0.717, 1.165) is 0 Å². The number of carbonyl (C=O) groups excluding carboxylic acids is 2. The van der Waals surface area contributed by atoms with Crippen LogP contribution < -0.4 is 15.4 Å². The van der Waals surface area contributed by atoms with Gasteiger partial charge in [-0.15, -0.1) is 0 Å². The normalized spacial score (nSPS) is 11.2. The fraction of sp³-hybridized carbons (Fsp3) is 0.300. The van der Waals surface area contributed by atoms with Crippen LogP contribution in [0.25, 0.3) is 0 Å². The van der Waals surface area contributed by atoms with Crippen molar-refractivity contribution < 1.29 is 14.3 Å². The fourth-order valence-electron chi connectivity index (χ4n) is 2.15. The number of benzene rings is 2. The molecule has 0 saturated heterocycles. The summed E-state index contributed by atoms with van der Waals surface area (Å²) in [5, 5.41) is 5.89. The number of ether oxygens (including phenoxy) is 1.